The Kier molecular flexibility index (Phi) is 2.63. The molecule has 0 rings (SSSR count). The summed E-state index contributed by atoms with van der Waals surface area (Å²) in [4.78, 5) is 11.4. The first-order valence-corrected chi connectivity index (χ1v) is 2.12. The molecule has 0 aromatic rings. The first-order chi connectivity index (χ1) is 3.68. The number of rotatable bonds is 1. The Labute approximate surface area is 48.5 Å². The molecule has 0 aliphatic carbocycles. The van der Waals surface area contributed by atoms with Gasteiger partial charge in [-0.15, -0.1) is 0 Å². The molecule has 3 nitrogen and oxygen atoms in total. The third-order valence-corrected chi connectivity index (χ3v) is 0.734. The van der Waals surface area contributed by atoms with Crippen LogP contribution in [0.2, 0.25) is 0 Å². The summed E-state index contributed by atoms with van der Waals surface area (Å²) >= 11 is 0. The molecule has 0 aromatic heterocycles. The summed E-state index contributed by atoms with van der Waals surface area (Å²) in [5.41, 5.74) is 0. The minimum atomic E-state index is -0.327. The maximum Gasteiger partial charge on any atom is 0.223 e. The molecule has 0 aromatic carbocycles. The zero-order valence-electron chi connectivity index (χ0n) is 4.72. The fourth-order valence-corrected chi connectivity index (χ4v) is 0.194. The number of carbonyl (C=O) groups is 1. The van der Waals surface area contributed by atoms with Crippen LogP contribution in [0.3, 0.4) is 0 Å². The average Bonchev–Trinajstić information content (AvgIpc) is 1.67. The van der Waals surface area contributed by atoms with Crippen molar-refractivity contribution in [3.8, 4) is 6.07 Å². The molecule has 0 N–H and O–H groups in total. The third kappa shape index (κ3) is 2.19. The van der Waals surface area contributed by atoms with Gasteiger partial charge in [0.15, 0.2) is 0 Å². The Morgan fingerprint density at radius 1 is 2.00 bits per heavy atom. The fourth-order valence-electron chi connectivity index (χ4n) is 0.194. The highest BCUT2D eigenvalue weighted by Crippen LogP contribution is 1.77. The van der Waals surface area contributed by atoms with Crippen LogP contribution in [0.25, 0.3) is 0 Å². The van der Waals surface area contributed by atoms with Crippen molar-refractivity contribution in [3.05, 3.63) is 6.92 Å². The molecule has 0 aliphatic heterocycles. The first-order valence-electron chi connectivity index (χ1n) is 2.12. The third-order valence-electron chi connectivity index (χ3n) is 0.734. The minimum absolute atomic E-state index is 0.113. The van der Waals surface area contributed by atoms with E-state index in [2.05, 4.69) is 6.92 Å². The van der Waals surface area contributed by atoms with Gasteiger partial charge in [0.1, 0.15) is 6.54 Å². The van der Waals surface area contributed by atoms with E-state index in [0.717, 1.165) is 0 Å². The van der Waals surface area contributed by atoms with E-state index in [-0.39, 0.29) is 12.5 Å². The van der Waals surface area contributed by atoms with Crippen molar-refractivity contribution in [2.24, 2.45) is 0 Å². The highest BCUT2D eigenvalue weighted by atomic mass is 16.2. The highest BCUT2D eigenvalue weighted by Gasteiger charge is 1.97. The van der Waals surface area contributed by atoms with E-state index in [1.807, 2.05) is 6.07 Å². The van der Waals surface area contributed by atoms with E-state index in [0.29, 0.717) is 0 Å². The number of nitrogens with zero attached hydrogens (tertiary/aromatic N) is 2. The number of amides is 1. The molecule has 8 heavy (non-hydrogen) atoms. The van der Waals surface area contributed by atoms with E-state index in [1.165, 1.54) is 11.9 Å². The standard InChI is InChI=1S/C5H7N2O/c1-5(8)7(2)4-3-6/h1,4H2,2H3. The van der Waals surface area contributed by atoms with Crippen LogP contribution >= 0.6 is 0 Å². The van der Waals surface area contributed by atoms with Gasteiger partial charge in [-0.1, -0.05) is 0 Å². The van der Waals surface area contributed by atoms with E-state index in [9.17, 15) is 4.79 Å². The zero-order chi connectivity index (χ0) is 6.57. The second-order valence-corrected chi connectivity index (χ2v) is 1.41. The van der Waals surface area contributed by atoms with Gasteiger partial charge in [0.2, 0.25) is 5.91 Å². The summed E-state index contributed by atoms with van der Waals surface area (Å²) in [6.07, 6.45) is 0. The molecule has 0 atom stereocenters. The van der Waals surface area contributed by atoms with E-state index in [1.54, 1.807) is 0 Å². The normalized spacial score (nSPS) is 7.62. The van der Waals surface area contributed by atoms with Crippen molar-refractivity contribution in [3.63, 3.8) is 0 Å². The number of nitriles is 1. The van der Waals surface area contributed by atoms with Gasteiger partial charge >= 0.3 is 0 Å². The van der Waals surface area contributed by atoms with Crippen LogP contribution in [-0.2, 0) is 4.79 Å². The van der Waals surface area contributed by atoms with Crippen LogP contribution in [0, 0.1) is 18.3 Å². The van der Waals surface area contributed by atoms with Crippen molar-refractivity contribution in [1.82, 2.24) is 4.90 Å². The molecule has 0 bridgehead atoms. The van der Waals surface area contributed by atoms with Crippen LogP contribution in [0.5, 0.6) is 0 Å². The van der Waals surface area contributed by atoms with E-state index in [4.69, 9.17) is 5.26 Å². The fraction of sp³-hybridized carbons (Fsp3) is 0.400. The molecule has 1 amide bonds. The summed E-state index contributed by atoms with van der Waals surface area (Å²) < 4.78 is 0. The lowest BCUT2D eigenvalue weighted by Gasteiger charge is -2.06. The monoisotopic (exact) mass is 111 g/mol. The Bertz CT molecular complexity index is 125. The Morgan fingerprint density at radius 2 is 2.50 bits per heavy atom. The van der Waals surface area contributed by atoms with Crippen molar-refractivity contribution < 1.29 is 4.79 Å². The van der Waals surface area contributed by atoms with E-state index < -0.39 is 0 Å². The van der Waals surface area contributed by atoms with Gasteiger partial charge in [0.25, 0.3) is 0 Å². The van der Waals surface area contributed by atoms with Crippen LogP contribution in [0.4, 0.5) is 0 Å². The number of hydrogen-bond donors (Lipinski definition) is 0. The summed E-state index contributed by atoms with van der Waals surface area (Å²) in [6.45, 7) is 3.21. The van der Waals surface area contributed by atoms with Crippen LogP contribution < -0.4 is 0 Å². The van der Waals surface area contributed by atoms with Gasteiger partial charge in [0, 0.05) is 14.0 Å². The van der Waals surface area contributed by atoms with Crippen molar-refractivity contribution in [1.29, 1.82) is 5.26 Å². The van der Waals surface area contributed by atoms with Crippen LogP contribution in [0.15, 0.2) is 0 Å². The second kappa shape index (κ2) is 3.03. The zero-order valence-corrected chi connectivity index (χ0v) is 4.72. The van der Waals surface area contributed by atoms with Gasteiger partial charge in [-0.2, -0.15) is 5.26 Å². The molecule has 0 aliphatic rings. The molecule has 0 heterocycles. The molecular formula is C5H7N2O. The molecule has 0 fully saturated rings. The van der Waals surface area contributed by atoms with Gasteiger partial charge < -0.3 is 4.90 Å². The molecule has 43 valence electrons. The van der Waals surface area contributed by atoms with Gasteiger partial charge in [-0.25, -0.2) is 0 Å². The molecule has 0 spiro atoms. The van der Waals surface area contributed by atoms with Gasteiger partial charge in [0.05, 0.1) is 6.07 Å². The predicted molar refractivity (Wildman–Crippen MR) is 28.6 cm³/mol. The SMILES string of the molecule is [CH2]C(=O)N(C)CC#N. The van der Waals surface area contributed by atoms with Gasteiger partial charge in [-0.05, 0) is 0 Å². The van der Waals surface area contributed by atoms with Crippen molar-refractivity contribution >= 4 is 5.91 Å². The summed E-state index contributed by atoms with van der Waals surface area (Å²) in [6, 6.07) is 1.81. The first kappa shape index (κ1) is 6.96. The smallest absolute Gasteiger partial charge is 0.223 e. The molecular weight excluding hydrogens is 104 g/mol. The average molecular weight is 111 g/mol. The lowest BCUT2D eigenvalue weighted by Crippen LogP contribution is -2.23. The summed E-state index contributed by atoms with van der Waals surface area (Å²) in [7, 11) is 1.53. The Hall–Kier alpha value is -1.04. The molecule has 0 unspecified atom stereocenters. The molecule has 0 saturated carbocycles. The van der Waals surface area contributed by atoms with E-state index >= 15 is 0 Å². The summed E-state index contributed by atoms with van der Waals surface area (Å²) in [5.74, 6) is -0.327. The highest BCUT2D eigenvalue weighted by molar-refractivity contribution is 5.80. The Balaban J connectivity index is 3.52. The van der Waals surface area contributed by atoms with Crippen molar-refractivity contribution in [2.75, 3.05) is 13.6 Å². The lowest BCUT2D eigenvalue weighted by molar-refractivity contribution is -0.124. The van der Waals surface area contributed by atoms with Gasteiger partial charge in [-0.3, -0.25) is 4.79 Å². The maximum atomic E-state index is 10.2. The molecule has 3 heteroatoms. The topological polar surface area (TPSA) is 44.1 Å². The Morgan fingerprint density at radius 3 is 2.62 bits per heavy atom. The predicted octanol–water partition coefficient (Wildman–Crippen LogP) is -0.198. The number of carbonyl (C=O) groups excluding carboxylic acids is 1. The lowest BCUT2D eigenvalue weighted by atomic mass is 10.5. The molecule has 0 saturated heterocycles. The van der Waals surface area contributed by atoms with Crippen LogP contribution in [0.1, 0.15) is 0 Å². The van der Waals surface area contributed by atoms with Crippen molar-refractivity contribution in [2.45, 2.75) is 0 Å². The largest absolute Gasteiger partial charge is 0.332 e. The summed E-state index contributed by atoms with van der Waals surface area (Å²) in [5, 5.41) is 8.01. The molecule has 1 radical (unpaired) electrons. The second-order valence-electron chi connectivity index (χ2n) is 1.41. The minimum Gasteiger partial charge on any atom is -0.332 e. The van der Waals surface area contributed by atoms with Crippen LogP contribution in [-0.4, -0.2) is 24.4 Å². The maximum absolute atomic E-state index is 10.2. The quantitative estimate of drug-likeness (QED) is 0.440. The number of hydrogen-bond acceptors (Lipinski definition) is 2.